The van der Waals surface area contributed by atoms with E-state index in [-0.39, 0.29) is 26.4 Å². The molecular weight excluding hydrogens is 936 g/mol. The number of hydrogen-bond donors (Lipinski definition) is 5. The molecule has 18 heteroatoms. The van der Waals surface area contributed by atoms with Crippen molar-refractivity contribution in [2.75, 3.05) is 124 Å². The van der Waals surface area contributed by atoms with Crippen molar-refractivity contribution in [3.8, 4) is 17.2 Å². The first-order valence-electron chi connectivity index (χ1n) is 21.0. The lowest BCUT2D eigenvalue weighted by atomic mass is 10.2. The summed E-state index contributed by atoms with van der Waals surface area (Å²) in [7, 11) is 1.78. The summed E-state index contributed by atoms with van der Waals surface area (Å²) in [5, 5.41) is 25.1. The zero-order valence-corrected chi connectivity index (χ0v) is 42.2. The van der Waals surface area contributed by atoms with Crippen molar-refractivity contribution < 1.29 is 61.8 Å². The molecular formula is C47H71ClO13S4. The number of benzene rings is 4. The Morgan fingerprint density at radius 2 is 0.785 bits per heavy atom. The molecule has 4 aromatic rings. The fraction of sp³-hybridized carbons (Fsp3) is 0.489. The smallest absolute Gasteiger partial charge is 0.118 e. The number of alkyl halides is 1. The summed E-state index contributed by atoms with van der Waals surface area (Å²) >= 11 is 10.7. The standard InChI is InChI=1S/C19H26O5S2.2C12H18O3S.C4H9ClO2/c1-16-3-9-19(10-4-16)26(20,21)24-12-11-23-13-14-25-15-17-5-7-18(22-2)8-6-17;2*1-14-12-4-2-11(3-5-12)10-16-9-8-15-7-6-13;5-1-3-7-4-2-6/h3-10,20-21H,11-15H2,1-2H3;2*2-5,13H,6-10H2,1H3;6H,1-4H2. The van der Waals surface area contributed by atoms with Crippen LogP contribution in [-0.2, 0) is 40.4 Å². The molecule has 0 amide bonds. The molecule has 0 aliphatic heterocycles. The van der Waals surface area contributed by atoms with E-state index in [1.807, 2.05) is 79.0 Å². The van der Waals surface area contributed by atoms with E-state index in [4.69, 9.17) is 64.3 Å². The lowest BCUT2D eigenvalue weighted by Gasteiger charge is -2.26. The Balaban J connectivity index is 0.000000471. The summed E-state index contributed by atoms with van der Waals surface area (Å²) in [6, 6.07) is 31.2. The molecule has 65 heavy (non-hydrogen) atoms. The van der Waals surface area contributed by atoms with Crippen molar-refractivity contribution in [1.29, 1.82) is 0 Å². The maximum atomic E-state index is 10.0. The Kier molecular flexibility index (Phi) is 38.9. The minimum atomic E-state index is -3.21. The molecule has 0 unspecified atom stereocenters. The van der Waals surface area contributed by atoms with Gasteiger partial charge in [-0.25, -0.2) is 0 Å². The molecule has 4 rings (SSSR count). The Labute approximate surface area is 406 Å². The van der Waals surface area contributed by atoms with E-state index in [0.717, 1.165) is 57.3 Å². The van der Waals surface area contributed by atoms with Gasteiger partial charge in [0.25, 0.3) is 0 Å². The van der Waals surface area contributed by atoms with E-state index in [2.05, 4.69) is 36.4 Å². The van der Waals surface area contributed by atoms with Gasteiger partial charge in [-0.2, -0.15) is 35.3 Å². The minimum absolute atomic E-state index is 0.0802. The number of hydrogen-bond acceptors (Lipinski definition) is 16. The summed E-state index contributed by atoms with van der Waals surface area (Å²) in [4.78, 5) is 0.387. The fourth-order valence-corrected chi connectivity index (χ4v) is 8.20. The zero-order chi connectivity index (χ0) is 47.6. The highest BCUT2D eigenvalue weighted by Gasteiger charge is 2.20. The van der Waals surface area contributed by atoms with Crippen LogP contribution < -0.4 is 14.2 Å². The zero-order valence-electron chi connectivity index (χ0n) is 38.2. The highest BCUT2D eigenvalue weighted by molar-refractivity contribution is 8.20. The Hall–Kier alpha value is -2.43. The van der Waals surface area contributed by atoms with Crippen molar-refractivity contribution in [3.63, 3.8) is 0 Å². The second-order valence-electron chi connectivity index (χ2n) is 13.1. The summed E-state index contributed by atoms with van der Waals surface area (Å²) < 4.78 is 61.1. The highest BCUT2D eigenvalue weighted by atomic mass is 35.5. The van der Waals surface area contributed by atoms with Gasteiger partial charge in [-0.3, -0.25) is 4.18 Å². The van der Waals surface area contributed by atoms with Gasteiger partial charge in [0.1, 0.15) is 28.1 Å². The molecule has 368 valence electrons. The van der Waals surface area contributed by atoms with Crippen molar-refractivity contribution in [3.05, 3.63) is 119 Å². The van der Waals surface area contributed by atoms with Crippen molar-refractivity contribution >= 4 is 57.8 Å². The average molecular weight is 1010 g/mol. The second kappa shape index (κ2) is 41.7. The van der Waals surface area contributed by atoms with Crippen molar-refractivity contribution in [2.45, 2.75) is 29.1 Å². The number of aliphatic hydroxyl groups excluding tert-OH is 3. The molecule has 13 nitrogen and oxygen atoms in total. The SMILES string of the molecule is COc1ccc(CSCCOCCO)cc1.COc1ccc(CSCCOCCO)cc1.COc1ccc(CSCCOCCOS(O)(O)c2ccc(C)cc2)cc1.OCCOCCCl. The van der Waals surface area contributed by atoms with Crippen LogP contribution >= 0.6 is 57.8 Å². The van der Waals surface area contributed by atoms with E-state index in [1.165, 1.54) is 16.7 Å². The number of aliphatic hydroxyl groups is 3. The van der Waals surface area contributed by atoms with Crippen molar-refractivity contribution in [2.24, 2.45) is 0 Å². The molecule has 0 heterocycles. The maximum Gasteiger partial charge on any atom is 0.118 e. The van der Waals surface area contributed by atoms with Gasteiger partial charge in [0, 0.05) is 40.4 Å². The summed E-state index contributed by atoms with van der Waals surface area (Å²) in [5.74, 6) is 8.77. The highest BCUT2D eigenvalue weighted by Crippen LogP contribution is 2.48. The van der Waals surface area contributed by atoms with Crippen LogP contribution in [0, 0.1) is 6.92 Å². The van der Waals surface area contributed by atoms with Gasteiger partial charge in [-0.1, -0.05) is 54.1 Å². The Bertz CT molecular complexity index is 1580. The van der Waals surface area contributed by atoms with E-state index >= 15 is 0 Å². The van der Waals surface area contributed by atoms with E-state index in [9.17, 15) is 9.11 Å². The third-order valence-electron chi connectivity index (χ3n) is 8.13. The normalized spacial score (nSPS) is 11.0. The van der Waals surface area contributed by atoms with Crippen LogP contribution in [0.1, 0.15) is 22.3 Å². The van der Waals surface area contributed by atoms with Crippen LogP contribution in [0.4, 0.5) is 0 Å². The summed E-state index contributed by atoms with van der Waals surface area (Å²) in [5.41, 5.74) is 4.87. The molecule has 0 fully saturated rings. The number of rotatable bonds is 31. The van der Waals surface area contributed by atoms with Crippen molar-refractivity contribution in [1.82, 2.24) is 0 Å². The number of halogens is 1. The fourth-order valence-electron chi connectivity index (χ4n) is 4.74. The number of thioether (sulfide) groups is 3. The van der Waals surface area contributed by atoms with E-state index in [0.29, 0.717) is 63.6 Å². The van der Waals surface area contributed by atoms with Crippen LogP contribution in [-0.4, -0.2) is 148 Å². The van der Waals surface area contributed by atoms with E-state index < -0.39 is 10.9 Å². The topological polar surface area (TPSA) is 175 Å². The lowest BCUT2D eigenvalue weighted by Crippen LogP contribution is -2.10. The first-order valence-corrected chi connectivity index (χ1v) is 26.4. The van der Waals surface area contributed by atoms with Gasteiger partial charge in [-0.05, 0) is 72.1 Å². The second-order valence-corrected chi connectivity index (χ2v) is 18.5. The number of methoxy groups -OCH3 is 3. The first kappa shape index (κ1) is 60.6. The van der Waals surface area contributed by atoms with Crippen LogP contribution in [0.3, 0.4) is 0 Å². The lowest BCUT2D eigenvalue weighted by molar-refractivity contribution is 0.103. The van der Waals surface area contributed by atoms with Crippen LogP contribution in [0.5, 0.6) is 17.2 Å². The molecule has 4 aromatic carbocycles. The predicted octanol–water partition coefficient (Wildman–Crippen LogP) is 9.10. The average Bonchev–Trinajstić information content (AvgIpc) is 3.33. The van der Waals surface area contributed by atoms with Crippen LogP contribution in [0.15, 0.2) is 102 Å². The quantitative estimate of drug-likeness (QED) is 0.0238. The maximum absolute atomic E-state index is 10.0. The first-order chi connectivity index (χ1) is 31.7. The van der Waals surface area contributed by atoms with Gasteiger partial charge in [0.2, 0.25) is 0 Å². The van der Waals surface area contributed by atoms with Crippen LogP contribution in [0.2, 0.25) is 0 Å². The van der Waals surface area contributed by atoms with Gasteiger partial charge in [0.05, 0.1) is 106 Å². The van der Waals surface area contributed by atoms with Crippen LogP contribution in [0.25, 0.3) is 0 Å². The van der Waals surface area contributed by atoms with E-state index in [1.54, 1.807) is 45.2 Å². The van der Waals surface area contributed by atoms with Gasteiger partial charge < -0.3 is 57.6 Å². The van der Waals surface area contributed by atoms with Gasteiger partial charge in [-0.15, -0.1) is 11.6 Å². The monoisotopic (exact) mass is 1010 g/mol. The Morgan fingerprint density at radius 3 is 1.11 bits per heavy atom. The predicted molar refractivity (Wildman–Crippen MR) is 271 cm³/mol. The molecule has 0 aliphatic rings. The molecule has 0 aliphatic carbocycles. The molecule has 0 bridgehead atoms. The third-order valence-corrected chi connectivity index (χ3v) is 12.6. The summed E-state index contributed by atoms with van der Waals surface area (Å²) in [6.45, 7) is 6.46. The van der Waals surface area contributed by atoms with Gasteiger partial charge >= 0.3 is 0 Å². The molecule has 0 saturated carbocycles. The Morgan fingerprint density at radius 1 is 0.446 bits per heavy atom. The number of ether oxygens (including phenoxy) is 7. The van der Waals surface area contributed by atoms with Gasteiger partial charge in [0.15, 0.2) is 0 Å². The molecule has 0 radical (unpaired) electrons. The molecule has 0 saturated heterocycles. The minimum Gasteiger partial charge on any atom is -0.497 e. The molecule has 0 spiro atoms. The largest absolute Gasteiger partial charge is 0.497 e. The third kappa shape index (κ3) is 32.8. The molecule has 0 aromatic heterocycles. The number of aryl methyl sites for hydroxylation is 1. The molecule has 0 atom stereocenters. The molecule has 5 N–H and O–H groups in total. The summed E-state index contributed by atoms with van der Waals surface area (Å²) in [6.07, 6.45) is 0.